The largest absolute Gasteiger partial charge is 0.481 e. The Balaban J connectivity index is 1.99. The molecule has 0 atom stereocenters. The third-order valence-electron chi connectivity index (χ3n) is 3.19. The van der Waals surface area contributed by atoms with E-state index in [1.807, 2.05) is 0 Å². The van der Waals surface area contributed by atoms with Crippen LogP contribution in [-0.4, -0.2) is 46.0 Å². The zero-order valence-electron chi connectivity index (χ0n) is 11.8. The van der Waals surface area contributed by atoms with Crippen LogP contribution in [0, 0.1) is 0 Å². The van der Waals surface area contributed by atoms with Gasteiger partial charge in [-0.05, 0) is 24.1 Å². The van der Waals surface area contributed by atoms with Gasteiger partial charge >= 0.3 is 5.97 Å². The Kier molecular flexibility index (Phi) is 4.90. The van der Waals surface area contributed by atoms with Crippen molar-refractivity contribution in [2.45, 2.75) is 12.8 Å². The fraction of sp³-hybridized carbons (Fsp3) is 0.267. The van der Waals surface area contributed by atoms with Crippen LogP contribution in [0.15, 0.2) is 36.0 Å². The molecule has 0 aromatic heterocycles. The molecule has 22 heavy (non-hydrogen) atoms. The summed E-state index contributed by atoms with van der Waals surface area (Å²) in [5, 5.41) is 20.3. The number of aryl methyl sites for hydroxylation is 1. The number of anilines is 1. The summed E-state index contributed by atoms with van der Waals surface area (Å²) in [5.74, 6) is -1.79. The summed E-state index contributed by atoms with van der Waals surface area (Å²) in [4.78, 5) is 35.0. The minimum absolute atomic E-state index is 0.0343. The Bertz CT molecular complexity index is 621. The molecule has 0 bridgehead atoms. The number of amides is 2. The molecule has 3 N–H and O–H groups in total. The summed E-state index contributed by atoms with van der Waals surface area (Å²) >= 11 is 0. The SMILES string of the molecule is O=C(O)CCc1ccc(NC2=CC(=O)N(CCO)C2=O)cc1. The van der Waals surface area contributed by atoms with Crippen molar-refractivity contribution in [1.82, 2.24) is 4.90 Å². The first kappa shape index (κ1) is 15.7. The van der Waals surface area contributed by atoms with Gasteiger partial charge in [-0.2, -0.15) is 0 Å². The van der Waals surface area contributed by atoms with E-state index in [1.54, 1.807) is 24.3 Å². The molecule has 116 valence electrons. The quantitative estimate of drug-likeness (QED) is 0.628. The predicted molar refractivity (Wildman–Crippen MR) is 77.9 cm³/mol. The van der Waals surface area contributed by atoms with Gasteiger partial charge in [0.25, 0.3) is 11.8 Å². The minimum atomic E-state index is -0.855. The molecule has 0 aliphatic carbocycles. The van der Waals surface area contributed by atoms with Crippen LogP contribution in [0.5, 0.6) is 0 Å². The maximum Gasteiger partial charge on any atom is 0.303 e. The van der Waals surface area contributed by atoms with Crippen molar-refractivity contribution < 1.29 is 24.6 Å². The molecule has 1 aliphatic heterocycles. The summed E-state index contributed by atoms with van der Waals surface area (Å²) < 4.78 is 0. The van der Waals surface area contributed by atoms with Crippen LogP contribution in [0.2, 0.25) is 0 Å². The van der Waals surface area contributed by atoms with Crippen molar-refractivity contribution in [1.29, 1.82) is 0 Å². The number of aliphatic hydroxyl groups excluding tert-OH is 1. The normalized spacial score (nSPS) is 14.2. The van der Waals surface area contributed by atoms with Crippen molar-refractivity contribution in [2.75, 3.05) is 18.5 Å². The van der Waals surface area contributed by atoms with Gasteiger partial charge in [0, 0.05) is 18.2 Å². The number of carboxylic acid groups (broad SMARTS) is 1. The molecular weight excluding hydrogens is 288 g/mol. The smallest absolute Gasteiger partial charge is 0.303 e. The Morgan fingerprint density at radius 2 is 1.86 bits per heavy atom. The third-order valence-corrected chi connectivity index (χ3v) is 3.19. The van der Waals surface area contributed by atoms with Gasteiger partial charge in [0.1, 0.15) is 5.70 Å². The maximum atomic E-state index is 12.0. The van der Waals surface area contributed by atoms with Crippen molar-refractivity contribution in [3.63, 3.8) is 0 Å². The van der Waals surface area contributed by atoms with Crippen molar-refractivity contribution in [3.8, 4) is 0 Å². The molecule has 0 saturated carbocycles. The lowest BCUT2D eigenvalue weighted by Gasteiger charge is -2.13. The molecule has 0 fully saturated rings. The topological polar surface area (TPSA) is 107 Å². The van der Waals surface area contributed by atoms with Gasteiger partial charge in [0.2, 0.25) is 0 Å². The number of β-amino-alcohol motifs (C(OH)–C–C–N with tert-alkyl or cyclic N) is 1. The monoisotopic (exact) mass is 304 g/mol. The molecule has 2 amide bonds. The molecule has 7 nitrogen and oxygen atoms in total. The van der Waals surface area contributed by atoms with E-state index in [1.165, 1.54) is 6.08 Å². The van der Waals surface area contributed by atoms with Crippen LogP contribution < -0.4 is 5.32 Å². The average molecular weight is 304 g/mol. The minimum Gasteiger partial charge on any atom is -0.481 e. The van der Waals surface area contributed by atoms with Gasteiger partial charge in [-0.3, -0.25) is 19.3 Å². The summed E-state index contributed by atoms with van der Waals surface area (Å²) in [6.07, 6.45) is 1.68. The Morgan fingerprint density at radius 3 is 2.45 bits per heavy atom. The summed E-state index contributed by atoms with van der Waals surface area (Å²) in [5.41, 5.74) is 1.65. The Morgan fingerprint density at radius 1 is 1.18 bits per heavy atom. The second kappa shape index (κ2) is 6.86. The fourth-order valence-electron chi connectivity index (χ4n) is 2.07. The molecule has 1 aliphatic rings. The second-order valence-electron chi connectivity index (χ2n) is 4.79. The first-order chi connectivity index (χ1) is 10.5. The van der Waals surface area contributed by atoms with Crippen LogP contribution in [0.1, 0.15) is 12.0 Å². The summed E-state index contributed by atoms with van der Waals surface area (Å²) in [6.45, 7) is -0.315. The van der Waals surface area contributed by atoms with E-state index in [9.17, 15) is 14.4 Å². The van der Waals surface area contributed by atoms with E-state index >= 15 is 0 Å². The van der Waals surface area contributed by atoms with Crippen LogP contribution in [0.25, 0.3) is 0 Å². The number of nitrogens with one attached hydrogen (secondary N) is 1. The zero-order valence-corrected chi connectivity index (χ0v) is 11.8. The van der Waals surface area contributed by atoms with E-state index < -0.39 is 17.8 Å². The van der Waals surface area contributed by atoms with E-state index in [0.29, 0.717) is 12.1 Å². The molecule has 7 heteroatoms. The van der Waals surface area contributed by atoms with Crippen molar-refractivity contribution in [3.05, 3.63) is 41.6 Å². The van der Waals surface area contributed by atoms with Crippen molar-refractivity contribution in [2.24, 2.45) is 0 Å². The number of benzene rings is 1. The van der Waals surface area contributed by atoms with Gasteiger partial charge < -0.3 is 15.5 Å². The summed E-state index contributed by atoms with van der Waals surface area (Å²) in [6, 6.07) is 6.95. The zero-order chi connectivity index (χ0) is 16.1. The summed E-state index contributed by atoms with van der Waals surface area (Å²) in [7, 11) is 0. The maximum absolute atomic E-state index is 12.0. The van der Waals surface area contributed by atoms with E-state index in [0.717, 1.165) is 10.5 Å². The molecule has 2 rings (SSSR count). The molecule has 0 radical (unpaired) electrons. The van der Waals surface area contributed by atoms with Crippen LogP contribution in [0.3, 0.4) is 0 Å². The number of aliphatic carboxylic acids is 1. The molecule has 1 heterocycles. The number of hydrogen-bond donors (Lipinski definition) is 3. The lowest BCUT2D eigenvalue weighted by molar-refractivity contribution is -0.138. The highest BCUT2D eigenvalue weighted by Crippen LogP contribution is 2.18. The number of carbonyl (C=O) groups excluding carboxylic acids is 2. The molecule has 0 saturated heterocycles. The molecule has 1 aromatic rings. The van der Waals surface area contributed by atoms with E-state index in [2.05, 4.69) is 5.32 Å². The van der Waals surface area contributed by atoms with Gasteiger partial charge in [0.05, 0.1) is 13.2 Å². The first-order valence-corrected chi connectivity index (χ1v) is 6.77. The number of carbonyl (C=O) groups is 3. The predicted octanol–water partition coefficient (Wildman–Crippen LogP) is 0.361. The molecule has 0 unspecified atom stereocenters. The van der Waals surface area contributed by atoms with Gasteiger partial charge in [-0.1, -0.05) is 12.1 Å². The van der Waals surface area contributed by atoms with Gasteiger partial charge in [-0.25, -0.2) is 0 Å². The highest BCUT2D eigenvalue weighted by molar-refractivity contribution is 6.17. The van der Waals surface area contributed by atoms with Gasteiger partial charge in [0.15, 0.2) is 0 Å². The first-order valence-electron chi connectivity index (χ1n) is 6.77. The number of aliphatic hydroxyl groups is 1. The Labute approximate surface area is 126 Å². The van der Waals surface area contributed by atoms with E-state index in [-0.39, 0.29) is 25.3 Å². The number of carboxylic acids is 1. The average Bonchev–Trinajstić information content (AvgIpc) is 2.74. The lowest BCUT2D eigenvalue weighted by Crippen LogP contribution is -2.34. The highest BCUT2D eigenvalue weighted by atomic mass is 16.4. The van der Waals surface area contributed by atoms with Crippen LogP contribution in [-0.2, 0) is 20.8 Å². The molecule has 0 spiro atoms. The lowest BCUT2D eigenvalue weighted by atomic mass is 10.1. The number of hydrogen-bond acceptors (Lipinski definition) is 5. The fourth-order valence-corrected chi connectivity index (χ4v) is 2.07. The van der Waals surface area contributed by atoms with Gasteiger partial charge in [-0.15, -0.1) is 0 Å². The standard InChI is InChI=1S/C15H16N2O5/c18-8-7-17-13(19)9-12(15(17)22)16-11-4-1-10(2-5-11)3-6-14(20)21/h1-2,4-5,9,16,18H,3,6-8H2,(H,20,21). The number of rotatable bonds is 7. The van der Waals surface area contributed by atoms with E-state index in [4.69, 9.17) is 10.2 Å². The van der Waals surface area contributed by atoms with Crippen molar-refractivity contribution >= 4 is 23.5 Å². The number of imide groups is 1. The number of nitrogens with zero attached hydrogens (tertiary/aromatic N) is 1. The molecule has 1 aromatic carbocycles. The Hall–Kier alpha value is -2.67. The second-order valence-corrected chi connectivity index (χ2v) is 4.79. The highest BCUT2D eigenvalue weighted by Gasteiger charge is 2.30. The van der Waals surface area contributed by atoms with Crippen LogP contribution >= 0.6 is 0 Å². The molecular formula is C15H16N2O5. The van der Waals surface area contributed by atoms with Crippen LogP contribution in [0.4, 0.5) is 5.69 Å². The third kappa shape index (κ3) is 3.70.